The standard InChI is InChI=1S/C24H26N4O8S/c1-15(16-12-22(34-3)24(36-5)23(13-16)35-4)25-26-20-11-10-19(14-21(20)28(29)30)37(31,32)27-17-6-8-18(33-2)9-7-17/h6-14,26-27H,1-5H3/b25-15-. The molecule has 3 aromatic rings. The van der Waals surface area contributed by atoms with Gasteiger partial charge < -0.3 is 18.9 Å². The molecule has 0 spiro atoms. The van der Waals surface area contributed by atoms with Crippen LogP contribution in [0.2, 0.25) is 0 Å². The van der Waals surface area contributed by atoms with Crippen molar-refractivity contribution in [1.82, 2.24) is 0 Å². The molecule has 0 saturated heterocycles. The van der Waals surface area contributed by atoms with E-state index in [-0.39, 0.29) is 16.3 Å². The van der Waals surface area contributed by atoms with E-state index in [0.717, 1.165) is 6.07 Å². The van der Waals surface area contributed by atoms with Crippen molar-refractivity contribution in [2.75, 3.05) is 38.6 Å². The summed E-state index contributed by atoms with van der Waals surface area (Å²) in [6.07, 6.45) is 0. The highest BCUT2D eigenvalue weighted by Gasteiger charge is 2.22. The van der Waals surface area contributed by atoms with Crippen molar-refractivity contribution < 1.29 is 32.3 Å². The van der Waals surface area contributed by atoms with E-state index in [1.165, 1.54) is 52.7 Å². The van der Waals surface area contributed by atoms with E-state index in [1.807, 2.05) is 0 Å². The van der Waals surface area contributed by atoms with Crippen molar-refractivity contribution in [2.45, 2.75) is 11.8 Å². The van der Waals surface area contributed by atoms with E-state index in [0.29, 0.717) is 34.3 Å². The number of methoxy groups -OCH3 is 4. The van der Waals surface area contributed by atoms with Crippen LogP contribution in [0, 0.1) is 10.1 Å². The summed E-state index contributed by atoms with van der Waals surface area (Å²) < 4.78 is 49.1. The molecule has 0 heterocycles. The van der Waals surface area contributed by atoms with Gasteiger partial charge in [0.25, 0.3) is 15.7 Å². The molecule has 0 bridgehead atoms. The largest absolute Gasteiger partial charge is 0.497 e. The zero-order valence-corrected chi connectivity index (χ0v) is 21.6. The molecular weight excluding hydrogens is 504 g/mol. The first-order chi connectivity index (χ1) is 17.6. The van der Waals surface area contributed by atoms with Crippen LogP contribution in [0.25, 0.3) is 0 Å². The lowest BCUT2D eigenvalue weighted by Gasteiger charge is -2.14. The topological polar surface area (TPSA) is 151 Å². The first-order valence-corrected chi connectivity index (χ1v) is 12.2. The third kappa shape index (κ3) is 6.19. The molecule has 0 amide bonds. The van der Waals surface area contributed by atoms with Gasteiger partial charge in [0.05, 0.1) is 44.0 Å². The first-order valence-electron chi connectivity index (χ1n) is 10.7. The third-order valence-corrected chi connectivity index (χ3v) is 6.62. The van der Waals surface area contributed by atoms with Crippen LogP contribution in [0.3, 0.4) is 0 Å². The molecule has 0 fully saturated rings. The van der Waals surface area contributed by atoms with Crippen molar-refractivity contribution in [3.8, 4) is 23.0 Å². The maximum absolute atomic E-state index is 12.8. The summed E-state index contributed by atoms with van der Waals surface area (Å²) in [6.45, 7) is 1.68. The van der Waals surface area contributed by atoms with Crippen molar-refractivity contribution >= 4 is 32.8 Å². The van der Waals surface area contributed by atoms with E-state index in [1.54, 1.807) is 31.2 Å². The number of nitro benzene ring substituents is 1. The number of nitrogens with zero attached hydrogens (tertiary/aromatic N) is 2. The molecule has 0 unspecified atom stereocenters. The number of ether oxygens (including phenoxy) is 4. The zero-order chi connectivity index (χ0) is 27.2. The highest BCUT2D eigenvalue weighted by Crippen LogP contribution is 2.38. The Labute approximate surface area is 214 Å². The van der Waals surface area contributed by atoms with Crippen LogP contribution in [0.15, 0.2) is 64.6 Å². The summed E-state index contributed by atoms with van der Waals surface area (Å²) in [5.74, 6) is 1.79. The first kappa shape index (κ1) is 27.1. The number of nitrogens with one attached hydrogen (secondary N) is 2. The fraction of sp³-hybridized carbons (Fsp3) is 0.208. The molecule has 0 saturated carbocycles. The molecule has 0 aliphatic carbocycles. The predicted molar refractivity (Wildman–Crippen MR) is 139 cm³/mol. The van der Waals surface area contributed by atoms with Crippen LogP contribution in [0.4, 0.5) is 17.1 Å². The van der Waals surface area contributed by atoms with Crippen molar-refractivity contribution in [3.63, 3.8) is 0 Å². The summed E-state index contributed by atoms with van der Waals surface area (Å²) in [5, 5.41) is 15.9. The number of nitro groups is 1. The smallest absolute Gasteiger partial charge is 0.295 e. The Balaban J connectivity index is 1.89. The van der Waals surface area contributed by atoms with E-state index in [2.05, 4.69) is 15.2 Å². The molecule has 0 radical (unpaired) electrons. The number of hydrazone groups is 1. The van der Waals surface area contributed by atoms with Crippen molar-refractivity contribution in [1.29, 1.82) is 0 Å². The molecule has 13 heteroatoms. The highest BCUT2D eigenvalue weighted by molar-refractivity contribution is 7.92. The van der Waals surface area contributed by atoms with Crippen LogP contribution >= 0.6 is 0 Å². The molecule has 37 heavy (non-hydrogen) atoms. The van der Waals surface area contributed by atoms with Crippen molar-refractivity contribution in [2.24, 2.45) is 5.10 Å². The van der Waals surface area contributed by atoms with Gasteiger partial charge in [-0.2, -0.15) is 5.10 Å². The Bertz CT molecular complexity index is 1400. The average Bonchev–Trinajstić information content (AvgIpc) is 2.90. The molecule has 0 atom stereocenters. The summed E-state index contributed by atoms with van der Waals surface area (Å²) in [7, 11) is 1.83. The maximum Gasteiger partial charge on any atom is 0.295 e. The number of sulfonamides is 1. The summed E-state index contributed by atoms with van der Waals surface area (Å²) >= 11 is 0. The quantitative estimate of drug-likeness (QED) is 0.210. The molecule has 3 rings (SSSR count). The minimum Gasteiger partial charge on any atom is -0.497 e. The normalized spacial score (nSPS) is 11.4. The van der Waals surface area contributed by atoms with E-state index in [4.69, 9.17) is 18.9 Å². The van der Waals surface area contributed by atoms with Gasteiger partial charge in [-0.15, -0.1) is 0 Å². The zero-order valence-electron chi connectivity index (χ0n) is 20.8. The Hall–Kier alpha value is -4.52. The van der Waals surface area contributed by atoms with Gasteiger partial charge in [-0.1, -0.05) is 0 Å². The van der Waals surface area contributed by atoms with Gasteiger partial charge in [0, 0.05) is 17.3 Å². The average molecular weight is 531 g/mol. The molecule has 2 N–H and O–H groups in total. The van der Waals surface area contributed by atoms with Gasteiger partial charge in [0.15, 0.2) is 11.5 Å². The van der Waals surface area contributed by atoms with E-state index >= 15 is 0 Å². The Morgan fingerprint density at radius 2 is 1.51 bits per heavy atom. The minimum absolute atomic E-state index is 0.000175. The molecule has 0 aliphatic rings. The van der Waals surface area contributed by atoms with Gasteiger partial charge >= 0.3 is 0 Å². The number of anilines is 2. The van der Waals surface area contributed by atoms with Crippen LogP contribution in [-0.2, 0) is 10.0 Å². The SMILES string of the molecule is COc1ccc(NS(=O)(=O)c2ccc(N/N=C(/C)c3cc(OC)c(OC)c(OC)c3)c([N+](=O)[O-])c2)cc1. The van der Waals surface area contributed by atoms with Gasteiger partial charge in [-0.3, -0.25) is 20.3 Å². The second kappa shape index (κ2) is 11.5. The third-order valence-electron chi connectivity index (χ3n) is 5.24. The lowest BCUT2D eigenvalue weighted by Crippen LogP contribution is -2.13. The number of hydrogen-bond acceptors (Lipinski definition) is 10. The fourth-order valence-corrected chi connectivity index (χ4v) is 4.37. The van der Waals surface area contributed by atoms with Gasteiger partial charge in [-0.25, -0.2) is 8.42 Å². The second-order valence-corrected chi connectivity index (χ2v) is 9.18. The van der Waals surface area contributed by atoms with Crippen LogP contribution in [0.1, 0.15) is 12.5 Å². The molecular formula is C24H26N4O8S. The molecule has 0 aliphatic heterocycles. The molecule has 3 aromatic carbocycles. The second-order valence-electron chi connectivity index (χ2n) is 7.49. The highest BCUT2D eigenvalue weighted by atomic mass is 32.2. The van der Waals surface area contributed by atoms with Crippen LogP contribution in [-0.4, -0.2) is 47.5 Å². The van der Waals surface area contributed by atoms with Crippen molar-refractivity contribution in [3.05, 3.63) is 70.3 Å². The maximum atomic E-state index is 12.8. The van der Waals surface area contributed by atoms with Crippen LogP contribution in [0.5, 0.6) is 23.0 Å². The Morgan fingerprint density at radius 3 is 2.03 bits per heavy atom. The molecule has 196 valence electrons. The summed E-state index contributed by atoms with van der Waals surface area (Å²) in [5.41, 5.74) is 3.50. The van der Waals surface area contributed by atoms with Gasteiger partial charge in [-0.05, 0) is 55.5 Å². The molecule has 12 nitrogen and oxygen atoms in total. The number of benzene rings is 3. The lowest BCUT2D eigenvalue weighted by atomic mass is 10.1. The van der Waals surface area contributed by atoms with E-state index in [9.17, 15) is 18.5 Å². The number of hydrogen-bond donors (Lipinski definition) is 2. The van der Waals surface area contributed by atoms with E-state index < -0.39 is 20.6 Å². The molecule has 0 aromatic heterocycles. The summed E-state index contributed by atoms with van der Waals surface area (Å²) in [6, 6.07) is 13.0. The Kier molecular flexibility index (Phi) is 8.40. The summed E-state index contributed by atoms with van der Waals surface area (Å²) in [4.78, 5) is 10.7. The predicted octanol–water partition coefficient (Wildman–Crippen LogP) is 4.27. The monoisotopic (exact) mass is 530 g/mol. The number of rotatable bonds is 11. The van der Waals surface area contributed by atoms with Crippen LogP contribution < -0.4 is 29.1 Å². The van der Waals surface area contributed by atoms with Gasteiger partial charge in [0.1, 0.15) is 11.4 Å². The fourth-order valence-electron chi connectivity index (χ4n) is 3.30. The Morgan fingerprint density at radius 1 is 0.892 bits per heavy atom. The lowest BCUT2D eigenvalue weighted by molar-refractivity contribution is -0.384. The minimum atomic E-state index is -4.10. The van der Waals surface area contributed by atoms with Gasteiger partial charge in [0.2, 0.25) is 5.75 Å².